The van der Waals surface area contributed by atoms with Crippen molar-refractivity contribution in [2.45, 2.75) is 39.9 Å². The Bertz CT molecular complexity index is 661. The number of rotatable bonds is 7. The molecule has 27 heavy (non-hydrogen) atoms. The summed E-state index contributed by atoms with van der Waals surface area (Å²) in [5.74, 6) is 1.51. The number of nitrogens with zero attached hydrogens (tertiary/aromatic N) is 4. The number of aromatic amines is 1. The van der Waals surface area contributed by atoms with Crippen LogP contribution in [0.25, 0.3) is 0 Å². The Balaban J connectivity index is 0.000000377. The van der Waals surface area contributed by atoms with Crippen LogP contribution < -0.4 is 0 Å². The summed E-state index contributed by atoms with van der Waals surface area (Å²) in [4.78, 5) is 13.5. The molecule has 0 radical (unpaired) electrons. The van der Waals surface area contributed by atoms with Crippen LogP contribution in [-0.2, 0) is 26.1 Å². The van der Waals surface area contributed by atoms with E-state index in [1.807, 2.05) is 41.3 Å². The van der Waals surface area contributed by atoms with E-state index in [2.05, 4.69) is 57.8 Å². The van der Waals surface area contributed by atoms with Gasteiger partial charge in [0.2, 0.25) is 0 Å². The molecule has 0 unspecified atom stereocenters. The zero-order chi connectivity index (χ0) is 20.6. The summed E-state index contributed by atoms with van der Waals surface area (Å²) in [6.45, 7) is 6.49. The number of aromatic nitrogens is 2. The molecule has 0 fully saturated rings. The van der Waals surface area contributed by atoms with Gasteiger partial charge >= 0.3 is 0 Å². The van der Waals surface area contributed by atoms with Crippen LogP contribution in [0, 0.1) is 6.92 Å². The van der Waals surface area contributed by atoms with Crippen LogP contribution in [0.5, 0.6) is 5.75 Å². The lowest BCUT2D eigenvalue weighted by atomic mass is 10.0. The van der Waals surface area contributed by atoms with E-state index in [-0.39, 0.29) is 0 Å². The number of aromatic hydroxyl groups is 1. The van der Waals surface area contributed by atoms with Gasteiger partial charge in [-0.25, -0.2) is 4.98 Å². The third-order valence-electron chi connectivity index (χ3n) is 3.89. The Morgan fingerprint density at radius 1 is 0.889 bits per heavy atom. The lowest BCUT2D eigenvalue weighted by Crippen LogP contribution is -2.16. The van der Waals surface area contributed by atoms with Crippen LogP contribution in [0.4, 0.5) is 0 Å². The standard InChI is InChI=1S/C15H27N3O.C6H10N2/c1-16(2)9-12-7-13(10-17(3)4)15(19)14(8-12)11-18(5)6;1-3-6-7-4-5(2)8-6/h7-8,19H,9-11H2,1-6H3;4H,3H2,1-2H3,(H,7,8). The summed E-state index contributed by atoms with van der Waals surface area (Å²) >= 11 is 0. The number of hydrogen-bond acceptors (Lipinski definition) is 5. The fourth-order valence-corrected chi connectivity index (χ4v) is 2.86. The molecule has 0 saturated carbocycles. The van der Waals surface area contributed by atoms with Crippen molar-refractivity contribution in [2.75, 3.05) is 42.3 Å². The number of nitrogens with one attached hydrogen (secondary N) is 1. The van der Waals surface area contributed by atoms with E-state index in [4.69, 9.17) is 0 Å². The molecule has 0 atom stereocenters. The van der Waals surface area contributed by atoms with Gasteiger partial charge in [0.15, 0.2) is 0 Å². The molecule has 0 bridgehead atoms. The van der Waals surface area contributed by atoms with E-state index in [0.717, 1.165) is 48.7 Å². The quantitative estimate of drug-likeness (QED) is 0.779. The lowest BCUT2D eigenvalue weighted by molar-refractivity contribution is 0.365. The van der Waals surface area contributed by atoms with Gasteiger partial charge in [-0.2, -0.15) is 0 Å². The number of phenols is 1. The zero-order valence-electron chi connectivity index (χ0n) is 18.3. The maximum absolute atomic E-state index is 10.4. The van der Waals surface area contributed by atoms with Crippen LogP contribution in [0.15, 0.2) is 18.3 Å². The minimum Gasteiger partial charge on any atom is -0.507 e. The normalized spacial score (nSPS) is 11.2. The highest BCUT2D eigenvalue weighted by Crippen LogP contribution is 2.27. The molecule has 6 heteroatoms. The van der Waals surface area contributed by atoms with Gasteiger partial charge in [-0.3, -0.25) is 0 Å². The molecule has 1 heterocycles. The van der Waals surface area contributed by atoms with Gasteiger partial charge in [0.1, 0.15) is 11.6 Å². The van der Waals surface area contributed by atoms with Gasteiger partial charge in [-0.15, -0.1) is 0 Å². The molecule has 2 aromatic rings. The third kappa shape index (κ3) is 8.56. The van der Waals surface area contributed by atoms with E-state index < -0.39 is 0 Å². The molecule has 0 aliphatic heterocycles. The topological polar surface area (TPSA) is 58.6 Å². The number of benzene rings is 1. The molecule has 0 spiro atoms. The first kappa shape index (κ1) is 23.1. The van der Waals surface area contributed by atoms with Gasteiger partial charge in [0.25, 0.3) is 0 Å². The van der Waals surface area contributed by atoms with Crippen molar-refractivity contribution in [3.05, 3.63) is 46.5 Å². The van der Waals surface area contributed by atoms with Crippen molar-refractivity contribution in [3.8, 4) is 5.75 Å². The summed E-state index contributed by atoms with van der Waals surface area (Å²) in [5, 5.41) is 10.4. The van der Waals surface area contributed by atoms with Crippen molar-refractivity contribution in [1.82, 2.24) is 24.7 Å². The molecule has 1 aromatic heterocycles. The van der Waals surface area contributed by atoms with Gasteiger partial charge in [-0.1, -0.05) is 6.92 Å². The number of phenolic OH excluding ortho intramolecular Hbond substituents is 1. The first-order valence-corrected chi connectivity index (χ1v) is 9.40. The second-order valence-corrected chi connectivity index (χ2v) is 7.84. The molecule has 6 nitrogen and oxygen atoms in total. The Labute approximate surface area is 164 Å². The van der Waals surface area contributed by atoms with E-state index in [0.29, 0.717) is 5.75 Å². The smallest absolute Gasteiger partial charge is 0.124 e. The minimum absolute atomic E-state index is 0.435. The maximum atomic E-state index is 10.4. The maximum Gasteiger partial charge on any atom is 0.124 e. The number of imidazole rings is 1. The molecular formula is C21H37N5O. The number of aryl methyl sites for hydroxylation is 2. The van der Waals surface area contributed by atoms with Crippen LogP contribution in [0.2, 0.25) is 0 Å². The Morgan fingerprint density at radius 2 is 1.37 bits per heavy atom. The number of H-pyrrole nitrogens is 1. The summed E-state index contributed by atoms with van der Waals surface area (Å²) in [5.41, 5.74) is 4.39. The molecule has 152 valence electrons. The highest BCUT2D eigenvalue weighted by Gasteiger charge is 2.12. The predicted molar refractivity (Wildman–Crippen MR) is 113 cm³/mol. The van der Waals surface area contributed by atoms with Gasteiger partial charge < -0.3 is 24.8 Å². The van der Waals surface area contributed by atoms with E-state index in [9.17, 15) is 5.11 Å². The molecule has 0 aliphatic carbocycles. The van der Waals surface area contributed by atoms with Crippen LogP contribution in [0.1, 0.15) is 35.1 Å². The Morgan fingerprint density at radius 3 is 1.67 bits per heavy atom. The van der Waals surface area contributed by atoms with Crippen molar-refractivity contribution in [1.29, 1.82) is 0 Å². The number of hydrogen-bond donors (Lipinski definition) is 2. The van der Waals surface area contributed by atoms with Crippen LogP contribution in [0.3, 0.4) is 0 Å². The fraction of sp³-hybridized carbons (Fsp3) is 0.571. The Kier molecular flexibility index (Phi) is 9.49. The second kappa shape index (κ2) is 11.1. The second-order valence-electron chi connectivity index (χ2n) is 7.84. The highest BCUT2D eigenvalue weighted by molar-refractivity contribution is 5.44. The SMILES string of the molecule is CCc1ncc(C)[nH]1.CN(C)Cc1cc(CN(C)C)c(O)c(CN(C)C)c1. The average molecular weight is 376 g/mol. The largest absolute Gasteiger partial charge is 0.507 e. The van der Waals surface area contributed by atoms with Crippen molar-refractivity contribution in [2.24, 2.45) is 0 Å². The molecule has 0 aliphatic rings. The van der Waals surface area contributed by atoms with E-state index >= 15 is 0 Å². The summed E-state index contributed by atoms with van der Waals surface area (Å²) in [6, 6.07) is 4.21. The van der Waals surface area contributed by atoms with Crippen LogP contribution in [-0.4, -0.2) is 72.1 Å². The van der Waals surface area contributed by atoms with Crippen molar-refractivity contribution in [3.63, 3.8) is 0 Å². The first-order valence-electron chi connectivity index (χ1n) is 9.40. The fourth-order valence-electron chi connectivity index (χ4n) is 2.86. The molecule has 0 saturated heterocycles. The van der Waals surface area contributed by atoms with E-state index in [1.54, 1.807) is 0 Å². The first-order chi connectivity index (χ1) is 12.6. The molecule has 0 amide bonds. The minimum atomic E-state index is 0.435. The summed E-state index contributed by atoms with van der Waals surface area (Å²) < 4.78 is 0. The van der Waals surface area contributed by atoms with Gasteiger partial charge in [-0.05, 0) is 66.9 Å². The van der Waals surface area contributed by atoms with Crippen LogP contribution >= 0.6 is 0 Å². The van der Waals surface area contributed by atoms with Gasteiger partial charge in [0, 0.05) is 49.1 Å². The van der Waals surface area contributed by atoms with Crippen molar-refractivity contribution >= 4 is 0 Å². The molecule has 2 rings (SSSR count). The summed E-state index contributed by atoms with van der Waals surface area (Å²) in [6.07, 6.45) is 2.84. The molecule has 2 N–H and O–H groups in total. The average Bonchev–Trinajstić information content (AvgIpc) is 2.96. The lowest BCUT2D eigenvalue weighted by Gasteiger charge is -2.19. The van der Waals surface area contributed by atoms with Crippen molar-refractivity contribution < 1.29 is 5.11 Å². The predicted octanol–water partition coefficient (Wildman–Crippen LogP) is 2.86. The van der Waals surface area contributed by atoms with Gasteiger partial charge in [0.05, 0.1) is 0 Å². The summed E-state index contributed by atoms with van der Waals surface area (Å²) in [7, 11) is 12.2. The molecule has 1 aromatic carbocycles. The monoisotopic (exact) mass is 375 g/mol. The third-order valence-corrected chi connectivity index (χ3v) is 3.89. The zero-order valence-corrected chi connectivity index (χ0v) is 18.3. The van der Waals surface area contributed by atoms with E-state index in [1.165, 1.54) is 5.56 Å². The Hall–Kier alpha value is -1.89. The molecular weight excluding hydrogens is 338 g/mol. The highest BCUT2D eigenvalue weighted by atomic mass is 16.3.